The molecule has 3 nitrogen and oxygen atoms in total. The molecule has 18 heavy (non-hydrogen) atoms. The molecular weight excluding hydrogens is 248 g/mol. The molecule has 94 valence electrons. The van der Waals surface area contributed by atoms with Crippen LogP contribution in [0.15, 0.2) is 39.6 Å². The Bertz CT molecular complexity index is 599. The quantitative estimate of drug-likeness (QED) is 0.796. The topological polar surface area (TPSA) is 47.3 Å². The summed E-state index contributed by atoms with van der Waals surface area (Å²) in [5, 5.41) is 0. The van der Waals surface area contributed by atoms with E-state index in [0.29, 0.717) is 12.0 Å². The fourth-order valence-corrected chi connectivity index (χ4v) is 2.71. The van der Waals surface area contributed by atoms with Crippen LogP contribution in [0.2, 0.25) is 0 Å². The van der Waals surface area contributed by atoms with Crippen molar-refractivity contribution in [1.82, 2.24) is 0 Å². The van der Waals surface area contributed by atoms with E-state index in [2.05, 4.69) is 0 Å². The van der Waals surface area contributed by atoms with Crippen molar-refractivity contribution < 1.29 is 13.4 Å². The Hall–Kier alpha value is -1.68. The highest BCUT2D eigenvalue weighted by atomic mass is 32.2. The molecule has 0 spiro atoms. The number of furan rings is 1. The molecule has 1 aromatic carbocycles. The Kier molecular flexibility index (Phi) is 3.77. The van der Waals surface area contributed by atoms with E-state index in [9.17, 15) is 9.00 Å². The van der Waals surface area contributed by atoms with Gasteiger partial charge < -0.3 is 4.42 Å². The summed E-state index contributed by atoms with van der Waals surface area (Å²) < 4.78 is 17.4. The minimum absolute atomic E-state index is 0.266. The zero-order chi connectivity index (χ0) is 13.1. The van der Waals surface area contributed by atoms with Crippen LogP contribution in [-0.4, -0.2) is 10.5 Å². The van der Waals surface area contributed by atoms with E-state index in [1.54, 1.807) is 12.1 Å². The van der Waals surface area contributed by atoms with Gasteiger partial charge in [0.15, 0.2) is 12.0 Å². The van der Waals surface area contributed by atoms with Gasteiger partial charge in [0.25, 0.3) is 0 Å². The van der Waals surface area contributed by atoms with Crippen LogP contribution in [0.5, 0.6) is 0 Å². The first-order chi connectivity index (χ1) is 8.60. The molecule has 1 atom stereocenters. The number of aldehydes is 1. The Balaban J connectivity index is 2.16. The molecular formula is C14H14O3S. The van der Waals surface area contributed by atoms with Gasteiger partial charge in [0.05, 0.1) is 16.6 Å². The third kappa shape index (κ3) is 2.76. The van der Waals surface area contributed by atoms with Crippen LogP contribution in [-0.2, 0) is 16.6 Å². The van der Waals surface area contributed by atoms with Crippen molar-refractivity contribution in [3.05, 3.63) is 53.0 Å². The molecule has 0 radical (unpaired) electrons. The maximum absolute atomic E-state index is 12.1. The van der Waals surface area contributed by atoms with Crippen molar-refractivity contribution in [2.75, 3.05) is 0 Å². The van der Waals surface area contributed by atoms with Gasteiger partial charge >= 0.3 is 0 Å². The minimum Gasteiger partial charge on any atom is -0.457 e. The Morgan fingerprint density at radius 3 is 2.56 bits per heavy atom. The van der Waals surface area contributed by atoms with E-state index in [0.717, 1.165) is 10.5 Å². The maximum atomic E-state index is 12.1. The first kappa shape index (κ1) is 12.8. The molecule has 1 heterocycles. The lowest BCUT2D eigenvalue weighted by atomic mass is 10.1. The van der Waals surface area contributed by atoms with E-state index in [-0.39, 0.29) is 11.5 Å². The van der Waals surface area contributed by atoms with Crippen LogP contribution in [0.4, 0.5) is 0 Å². The molecule has 2 aromatic rings. The normalized spacial score (nSPS) is 12.3. The SMILES string of the molecule is Cc1ccc(S(=O)Cc2ccc(C=O)o2)cc1C. The highest BCUT2D eigenvalue weighted by Gasteiger charge is 2.09. The predicted molar refractivity (Wildman–Crippen MR) is 70.1 cm³/mol. The number of hydrogen-bond donors (Lipinski definition) is 0. The summed E-state index contributed by atoms with van der Waals surface area (Å²) in [5.41, 5.74) is 2.30. The Morgan fingerprint density at radius 2 is 1.94 bits per heavy atom. The van der Waals surface area contributed by atoms with E-state index in [1.165, 1.54) is 5.56 Å². The van der Waals surface area contributed by atoms with Gasteiger partial charge in [-0.1, -0.05) is 6.07 Å². The van der Waals surface area contributed by atoms with Crippen molar-refractivity contribution in [1.29, 1.82) is 0 Å². The van der Waals surface area contributed by atoms with Gasteiger partial charge in [0.1, 0.15) is 5.76 Å². The average molecular weight is 262 g/mol. The predicted octanol–water partition coefficient (Wildman–Crippen LogP) is 3.02. The molecule has 0 aliphatic rings. The number of hydrogen-bond acceptors (Lipinski definition) is 3. The Morgan fingerprint density at radius 1 is 1.17 bits per heavy atom. The van der Waals surface area contributed by atoms with Crippen LogP contribution in [0, 0.1) is 13.8 Å². The fourth-order valence-electron chi connectivity index (χ4n) is 1.60. The smallest absolute Gasteiger partial charge is 0.185 e. The number of rotatable bonds is 4. The summed E-state index contributed by atoms with van der Waals surface area (Å²) in [6, 6.07) is 9.02. The lowest BCUT2D eigenvalue weighted by molar-refractivity contribution is 0.109. The molecule has 0 saturated carbocycles. The zero-order valence-electron chi connectivity index (χ0n) is 10.3. The van der Waals surface area contributed by atoms with Crippen LogP contribution in [0.1, 0.15) is 27.4 Å². The van der Waals surface area contributed by atoms with Crippen molar-refractivity contribution in [2.24, 2.45) is 0 Å². The van der Waals surface area contributed by atoms with Crippen LogP contribution in [0.3, 0.4) is 0 Å². The molecule has 2 rings (SSSR count). The lowest BCUT2D eigenvalue weighted by Gasteiger charge is -2.04. The summed E-state index contributed by atoms with van der Waals surface area (Å²) in [5.74, 6) is 1.12. The molecule has 0 aliphatic heterocycles. The summed E-state index contributed by atoms with van der Waals surface area (Å²) in [4.78, 5) is 11.3. The van der Waals surface area contributed by atoms with Gasteiger partial charge in [-0.3, -0.25) is 9.00 Å². The number of aryl methyl sites for hydroxylation is 2. The second-order valence-electron chi connectivity index (χ2n) is 4.16. The number of benzene rings is 1. The van der Waals surface area contributed by atoms with Crippen LogP contribution >= 0.6 is 0 Å². The highest BCUT2D eigenvalue weighted by Crippen LogP contribution is 2.17. The van der Waals surface area contributed by atoms with E-state index >= 15 is 0 Å². The summed E-state index contributed by atoms with van der Waals surface area (Å²) in [7, 11) is -1.15. The second-order valence-corrected chi connectivity index (χ2v) is 5.61. The summed E-state index contributed by atoms with van der Waals surface area (Å²) in [6.45, 7) is 4.01. The molecule has 0 fully saturated rings. The van der Waals surface area contributed by atoms with Gasteiger partial charge in [0.2, 0.25) is 0 Å². The van der Waals surface area contributed by atoms with Crippen LogP contribution < -0.4 is 0 Å². The maximum Gasteiger partial charge on any atom is 0.185 e. The Labute approximate surface area is 108 Å². The fraction of sp³-hybridized carbons (Fsp3) is 0.214. The van der Waals surface area contributed by atoms with Crippen molar-refractivity contribution >= 4 is 17.1 Å². The number of carbonyl (C=O) groups is 1. The van der Waals surface area contributed by atoms with Gasteiger partial charge in [-0.15, -0.1) is 0 Å². The molecule has 0 amide bonds. The van der Waals surface area contributed by atoms with Crippen LogP contribution in [0.25, 0.3) is 0 Å². The van der Waals surface area contributed by atoms with Gasteiger partial charge in [0, 0.05) is 4.90 Å². The first-order valence-electron chi connectivity index (χ1n) is 5.59. The molecule has 1 aromatic heterocycles. The third-order valence-electron chi connectivity index (χ3n) is 2.81. The lowest BCUT2D eigenvalue weighted by Crippen LogP contribution is -1.96. The number of carbonyl (C=O) groups excluding carboxylic acids is 1. The van der Waals surface area contributed by atoms with Gasteiger partial charge in [-0.25, -0.2) is 0 Å². The van der Waals surface area contributed by atoms with Gasteiger partial charge in [-0.05, 0) is 49.2 Å². The van der Waals surface area contributed by atoms with E-state index in [1.807, 2.05) is 32.0 Å². The largest absolute Gasteiger partial charge is 0.457 e. The summed E-state index contributed by atoms with van der Waals surface area (Å²) in [6.07, 6.45) is 0.641. The van der Waals surface area contributed by atoms with Crippen molar-refractivity contribution in [3.63, 3.8) is 0 Å². The average Bonchev–Trinajstić information content (AvgIpc) is 2.80. The molecule has 0 bridgehead atoms. The monoisotopic (exact) mass is 262 g/mol. The van der Waals surface area contributed by atoms with E-state index < -0.39 is 10.8 Å². The molecule has 0 N–H and O–H groups in total. The van der Waals surface area contributed by atoms with Gasteiger partial charge in [-0.2, -0.15) is 0 Å². The van der Waals surface area contributed by atoms with Crippen molar-refractivity contribution in [3.8, 4) is 0 Å². The molecule has 0 saturated heterocycles. The van der Waals surface area contributed by atoms with E-state index in [4.69, 9.17) is 4.42 Å². The standard InChI is InChI=1S/C14H14O3S/c1-10-3-6-14(7-11(10)2)18(16)9-13-5-4-12(8-15)17-13/h3-8H,9H2,1-2H3. The third-order valence-corrected chi connectivity index (χ3v) is 4.14. The molecule has 1 unspecified atom stereocenters. The highest BCUT2D eigenvalue weighted by molar-refractivity contribution is 7.84. The minimum atomic E-state index is -1.15. The second kappa shape index (κ2) is 5.31. The zero-order valence-corrected chi connectivity index (χ0v) is 11.1. The molecule has 0 aliphatic carbocycles. The first-order valence-corrected chi connectivity index (χ1v) is 6.91. The van der Waals surface area contributed by atoms with Crippen molar-refractivity contribution in [2.45, 2.75) is 24.5 Å². The molecule has 4 heteroatoms. The summed E-state index contributed by atoms with van der Waals surface area (Å²) >= 11 is 0.